The Morgan fingerprint density at radius 2 is 0.793 bits per heavy atom. The molecule has 0 bridgehead atoms. The van der Waals surface area contributed by atoms with Gasteiger partial charge in [-0.2, -0.15) is 0 Å². The van der Waals surface area contributed by atoms with Crippen molar-refractivity contribution in [3.8, 4) is 33.6 Å². The van der Waals surface area contributed by atoms with Gasteiger partial charge in [-0.05, 0) is 89.0 Å². The Morgan fingerprint density at radius 1 is 0.293 bits per heavy atom. The van der Waals surface area contributed by atoms with Crippen molar-refractivity contribution < 1.29 is 8.83 Å². The van der Waals surface area contributed by atoms with Gasteiger partial charge in [0, 0.05) is 38.0 Å². The molecule has 0 fully saturated rings. The first-order valence-corrected chi connectivity index (χ1v) is 19.8. The molecule has 0 aliphatic rings. The standard InChI is InChI=1S/C54H32N2O2/c1-3-14-33(15-4-1)35-30-36(34-16-5-2-6-17-34)32-37(31-35)55-44-22-10-7-19-42(44)50-46(55)28-26-40-41-27-29-47-51(54(41)58-53(40)50)43-20-8-11-23-45(43)56(47)48-24-13-21-39-38-18-9-12-25-49(38)57-52(39)48/h1-32H. The molecule has 4 heteroatoms. The Bertz CT molecular complexity index is 3730. The molecule has 0 unspecified atom stereocenters. The number of benzene rings is 9. The molecule has 58 heavy (non-hydrogen) atoms. The van der Waals surface area contributed by atoms with E-state index in [1.54, 1.807) is 0 Å². The van der Waals surface area contributed by atoms with Crippen LogP contribution in [0.3, 0.4) is 0 Å². The molecule has 4 nitrogen and oxygen atoms in total. The van der Waals surface area contributed by atoms with E-state index in [2.05, 4.69) is 191 Å². The summed E-state index contributed by atoms with van der Waals surface area (Å²) in [5, 5.41) is 8.93. The van der Waals surface area contributed by atoms with Gasteiger partial charge in [0.05, 0.1) is 38.5 Å². The van der Waals surface area contributed by atoms with Gasteiger partial charge in [-0.25, -0.2) is 0 Å². The van der Waals surface area contributed by atoms with Crippen molar-refractivity contribution in [2.75, 3.05) is 0 Å². The number of hydrogen-bond acceptors (Lipinski definition) is 2. The first kappa shape index (κ1) is 31.4. The summed E-state index contributed by atoms with van der Waals surface area (Å²) in [6, 6.07) is 69.4. The summed E-state index contributed by atoms with van der Waals surface area (Å²) in [7, 11) is 0. The molecule has 13 rings (SSSR count). The average Bonchev–Trinajstić information content (AvgIpc) is 4.04. The van der Waals surface area contributed by atoms with Gasteiger partial charge < -0.3 is 18.0 Å². The van der Waals surface area contributed by atoms with Crippen LogP contribution in [0.1, 0.15) is 0 Å². The molecular weight excluding hydrogens is 709 g/mol. The summed E-state index contributed by atoms with van der Waals surface area (Å²) >= 11 is 0. The first-order chi connectivity index (χ1) is 28.8. The van der Waals surface area contributed by atoms with E-state index in [9.17, 15) is 0 Å². The molecule has 4 aromatic heterocycles. The topological polar surface area (TPSA) is 36.1 Å². The van der Waals surface area contributed by atoms with Crippen molar-refractivity contribution in [2.45, 2.75) is 0 Å². The summed E-state index contributed by atoms with van der Waals surface area (Å²) < 4.78 is 18.6. The van der Waals surface area contributed by atoms with Crippen LogP contribution in [0, 0.1) is 0 Å². The highest BCUT2D eigenvalue weighted by Gasteiger charge is 2.24. The van der Waals surface area contributed by atoms with Crippen LogP contribution < -0.4 is 0 Å². The fraction of sp³-hybridized carbons (Fsp3) is 0. The van der Waals surface area contributed by atoms with Gasteiger partial charge >= 0.3 is 0 Å². The largest absolute Gasteiger partial charge is 0.455 e. The molecule has 0 aliphatic carbocycles. The molecule has 4 heterocycles. The lowest BCUT2D eigenvalue weighted by molar-refractivity contribution is 0.666. The van der Waals surface area contributed by atoms with Crippen molar-refractivity contribution in [3.63, 3.8) is 0 Å². The van der Waals surface area contributed by atoms with E-state index >= 15 is 0 Å². The SMILES string of the molecule is c1ccc(-c2cc(-c3ccccc3)cc(-n3c4ccccc4c4c5oc6c(ccc7c6c6ccccc6n7-c6cccc7c6oc6ccccc67)c5ccc43)c2)cc1. The summed E-state index contributed by atoms with van der Waals surface area (Å²) in [4.78, 5) is 0. The van der Waals surface area contributed by atoms with Crippen LogP contribution in [0.15, 0.2) is 203 Å². The van der Waals surface area contributed by atoms with Crippen molar-refractivity contribution in [3.05, 3.63) is 194 Å². The number of nitrogens with zero attached hydrogens (tertiary/aromatic N) is 2. The summed E-state index contributed by atoms with van der Waals surface area (Å²) in [5.74, 6) is 0. The van der Waals surface area contributed by atoms with Crippen molar-refractivity contribution in [1.82, 2.24) is 9.13 Å². The minimum atomic E-state index is 0.873. The highest BCUT2D eigenvalue weighted by molar-refractivity contribution is 6.29. The lowest BCUT2D eigenvalue weighted by Crippen LogP contribution is -1.96. The molecule has 13 aromatic rings. The van der Waals surface area contributed by atoms with Gasteiger partial charge in [-0.1, -0.05) is 127 Å². The number of hydrogen-bond donors (Lipinski definition) is 0. The normalized spacial score (nSPS) is 12.1. The summed E-state index contributed by atoms with van der Waals surface area (Å²) in [5.41, 5.74) is 14.8. The molecule has 270 valence electrons. The molecule has 0 radical (unpaired) electrons. The van der Waals surface area contributed by atoms with Crippen LogP contribution in [-0.4, -0.2) is 9.13 Å². The van der Waals surface area contributed by atoms with Gasteiger partial charge in [0.2, 0.25) is 0 Å². The van der Waals surface area contributed by atoms with Crippen LogP contribution in [0.2, 0.25) is 0 Å². The second-order valence-electron chi connectivity index (χ2n) is 15.2. The quantitative estimate of drug-likeness (QED) is 0.180. The Hall–Kier alpha value is -7.82. The Labute approximate surface area is 332 Å². The third-order valence-electron chi connectivity index (χ3n) is 12.1. The van der Waals surface area contributed by atoms with Crippen LogP contribution in [0.5, 0.6) is 0 Å². The van der Waals surface area contributed by atoms with Gasteiger partial charge in [0.1, 0.15) is 16.7 Å². The Balaban J connectivity index is 1.10. The fourth-order valence-corrected chi connectivity index (χ4v) is 9.58. The molecule has 0 saturated carbocycles. The minimum Gasteiger partial charge on any atom is -0.455 e. The van der Waals surface area contributed by atoms with Crippen LogP contribution in [0.4, 0.5) is 0 Å². The van der Waals surface area contributed by atoms with Crippen LogP contribution in [-0.2, 0) is 0 Å². The number of rotatable bonds is 4. The molecule has 0 aliphatic heterocycles. The second kappa shape index (κ2) is 11.8. The van der Waals surface area contributed by atoms with E-state index in [0.717, 1.165) is 98.9 Å². The van der Waals surface area contributed by atoms with Gasteiger partial charge in [-0.15, -0.1) is 0 Å². The number of aromatic nitrogens is 2. The zero-order valence-electron chi connectivity index (χ0n) is 31.2. The first-order valence-electron chi connectivity index (χ1n) is 19.8. The monoisotopic (exact) mass is 740 g/mol. The van der Waals surface area contributed by atoms with Crippen LogP contribution in [0.25, 0.3) is 121 Å². The molecule has 0 amide bonds. The molecule has 0 N–H and O–H groups in total. The lowest BCUT2D eigenvalue weighted by Gasteiger charge is -2.14. The van der Waals surface area contributed by atoms with Gasteiger partial charge in [0.25, 0.3) is 0 Å². The van der Waals surface area contributed by atoms with E-state index < -0.39 is 0 Å². The smallest absolute Gasteiger partial charge is 0.159 e. The van der Waals surface area contributed by atoms with Crippen molar-refractivity contribution >= 4 is 87.5 Å². The molecule has 0 atom stereocenters. The van der Waals surface area contributed by atoms with Crippen molar-refractivity contribution in [1.29, 1.82) is 0 Å². The maximum atomic E-state index is 7.27. The lowest BCUT2D eigenvalue weighted by atomic mass is 9.98. The zero-order valence-corrected chi connectivity index (χ0v) is 31.2. The highest BCUT2D eigenvalue weighted by Crippen LogP contribution is 2.46. The average molecular weight is 741 g/mol. The third-order valence-corrected chi connectivity index (χ3v) is 12.1. The Morgan fingerprint density at radius 3 is 1.43 bits per heavy atom. The van der Waals surface area contributed by atoms with E-state index in [1.807, 2.05) is 12.1 Å². The Kier molecular flexibility index (Phi) is 6.41. The molecule has 9 aromatic carbocycles. The summed E-state index contributed by atoms with van der Waals surface area (Å²) in [6.45, 7) is 0. The number of para-hydroxylation sites is 4. The zero-order chi connectivity index (χ0) is 37.9. The second-order valence-corrected chi connectivity index (χ2v) is 15.2. The van der Waals surface area contributed by atoms with E-state index in [0.29, 0.717) is 0 Å². The summed E-state index contributed by atoms with van der Waals surface area (Å²) in [6.07, 6.45) is 0. The van der Waals surface area contributed by atoms with Gasteiger partial charge in [0.15, 0.2) is 5.58 Å². The third kappa shape index (κ3) is 4.34. The number of furan rings is 2. The van der Waals surface area contributed by atoms with Crippen LogP contribution >= 0.6 is 0 Å². The maximum absolute atomic E-state index is 7.27. The predicted octanol–water partition coefficient (Wildman–Crippen LogP) is 15.0. The fourth-order valence-electron chi connectivity index (χ4n) is 9.58. The molecule has 0 saturated heterocycles. The van der Waals surface area contributed by atoms with Crippen molar-refractivity contribution in [2.24, 2.45) is 0 Å². The van der Waals surface area contributed by atoms with Gasteiger partial charge in [-0.3, -0.25) is 0 Å². The minimum absolute atomic E-state index is 0.873. The molecule has 0 spiro atoms. The predicted molar refractivity (Wildman–Crippen MR) is 241 cm³/mol. The highest BCUT2D eigenvalue weighted by atomic mass is 16.3. The number of fused-ring (bicyclic) bond motifs is 14. The van der Waals surface area contributed by atoms with E-state index in [1.165, 1.54) is 22.3 Å². The molecular formula is C54H32N2O2. The van der Waals surface area contributed by atoms with E-state index in [4.69, 9.17) is 8.83 Å². The maximum Gasteiger partial charge on any atom is 0.159 e. The van der Waals surface area contributed by atoms with E-state index in [-0.39, 0.29) is 0 Å².